The van der Waals surface area contributed by atoms with Gasteiger partial charge < -0.3 is 5.73 Å². The van der Waals surface area contributed by atoms with E-state index in [9.17, 15) is 0 Å². The summed E-state index contributed by atoms with van der Waals surface area (Å²) in [6.45, 7) is 6.49. The summed E-state index contributed by atoms with van der Waals surface area (Å²) in [5.41, 5.74) is 8.64. The van der Waals surface area contributed by atoms with E-state index < -0.39 is 0 Å². The number of aromatic nitrogens is 1. The highest BCUT2D eigenvalue weighted by Gasteiger charge is 2.56. The van der Waals surface area contributed by atoms with Crippen LogP contribution in [0.3, 0.4) is 0 Å². The second-order valence-electron chi connectivity index (χ2n) is 4.58. The third-order valence-electron chi connectivity index (χ3n) is 3.17. The van der Waals surface area contributed by atoms with Gasteiger partial charge in [0.25, 0.3) is 0 Å². The van der Waals surface area contributed by atoms with Crippen molar-refractivity contribution in [2.45, 2.75) is 32.7 Å². The molecule has 2 heteroatoms. The fourth-order valence-electron chi connectivity index (χ4n) is 1.97. The van der Waals surface area contributed by atoms with E-state index in [4.69, 9.17) is 5.73 Å². The smallest absolute Gasteiger partial charge is 0.0458 e. The molecular formula is C11H16N2. The summed E-state index contributed by atoms with van der Waals surface area (Å²) in [6, 6.07) is 4.44. The number of aryl methyl sites for hydroxylation is 1. The van der Waals surface area contributed by atoms with Crippen molar-refractivity contribution < 1.29 is 0 Å². The summed E-state index contributed by atoms with van der Waals surface area (Å²) in [5, 5.41) is 0. The van der Waals surface area contributed by atoms with E-state index in [0.717, 1.165) is 5.69 Å². The fourth-order valence-corrected chi connectivity index (χ4v) is 1.97. The van der Waals surface area contributed by atoms with E-state index in [-0.39, 0.29) is 11.5 Å². The molecular weight excluding hydrogens is 160 g/mol. The van der Waals surface area contributed by atoms with Crippen LogP contribution in [0, 0.1) is 12.3 Å². The standard InChI is InChI=1S/C11H16N2/c1-7-4-5-13-8(6-7)9-10(12)11(9,2)3/h4-6,9-10H,12H2,1-3H3. The quantitative estimate of drug-likeness (QED) is 0.709. The fraction of sp³-hybridized carbons (Fsp3) is 0.545. The molecule has 13 heavy (non-hydrogen) atoms. The summed E-state index contributed by atoms with van der Waals surface area (Å²) < 4.78 is 0. The molecule has 2 N–H and O–H groups in total. The molecule has 2 atom stereocenters. The van der Waals surface area contributed by atoms with Crippen LogP contribution in [-0.2, 0) is 0 Å². The molecule has 1 aliphatic rings. The highest BCUT2D eigenvalue weighted by molar-refractivity contribution is 5.30. The first-order valence-electron chi connectivity index (χ1n) is 4.71. The maximum atomic E-state index is 5.99. The van der Waals surface area contributed by atoms with Crippen LogP contribution in [-0.4, -0.2) is 11.0 Å². The number of hydrogen-bond donors (Lipinski definition) is 1. The van der Waals surface area contributed by atoms with Crippen molar-refractivity contribution in [3.05, 3.63) is 29.6 Å². The van der Waals surface area contributed by atoms with E-state index in [0.29, 0.717) is 5.92 Å². The molecule has 1 aromatic heterocycles. The molecule has 1 fully saturated rings. The van der Waals surface area contributed by atoms with E-state index in [1.807, 2.05) is 12.3 Å². The second kappa shape index (κ2) is 2.55. The molecule has 1 aromatic rings. The molecule has 0 aromatic carbocycles. The topological polar surface area (TPSA) is 38.9 Å². The van der Waals surface area contributed by atoms with Gasteiger partial charge in [-0.25, -0.2) is 0 Å². The molecule has 0 bridgehead atoms. The molecule has 0 saturated heterocycles. The van der Waals surface area contributed by atoms with Crippen LogP contribution >= 0.6 is 0 Å². The monoisotopic (exact) mass is 176 g/mol. The van der Waals surface area contributed by atoms with Gasteiger partial charge in [-0.15, -0.1) is 0 Å². The Labute approximate surface area is 79.2 Å². The largest absolute Gasteiger partial charge is 0.327 e. The van der Waals surface area contributed by atoms with Gasteiger partial charge >= 0.3 is 0 Å². The zero-order valence-corrected chi connectivity index (χ0v) is 8.41. The average molecular weight is 176 g/mol. The van der Waals surface area contributed by atoms with Crippen molar-refractivity contribution in [1.29, 1.82) is 0 Å². The van der Waals surface area contributed by atoms with Gasteiger partial charge in [0.05, 0.1) is 0 Å². The summed E-state index contributed by atoms with van der Waals surface area (Å²) in [5.74, 6) is 0.451. The minimum absolute atomic E-state index is 0.237. The Morgan fingerprint density at radius 2 is 2.08 bits per heavy atom. The number of rotatable bonds is 1. The van der Waals surface area contributed by atoms with Gasteiger partial charge in [-0.3, -0.25) is 4.98 Å². The van der Waals surface area contributed by atoms with Crippen molar-refractivity contribution in [1.82, 2.24) is 4.98 Å². The van der Waals surface area contributed by atoms with E-state index in [1.165, 1.54) is 5.56 Å². The number of nitrogens with two attached hydrogens (primary N) is 1. The number of hydrogen-bond acceptors (Lipinski definition) is 2. The lowest BCUT2D eigenvalue weighted by Crippen LogP contribution is -2.06. The third kappa shape index (κ3) is 1.25. The van der Waals surface area contributed by atoms with Gasteiger partial charge in [0.1, 0.15) is 0 Å². The number of pyridine rings is 1. The van der Waals surface area contributed by atoms with Crippen LogP contribution in [0.4, 0.5) is 0 Å². The lowest BCUT2D eigenvalue weighted by Gasteiger charge is -2.02. The van der Waals surface area contributed by atoms with E-state index in [1.54, 1.807) is 0 Å². The Hall–Kier alpha value is -0.890. The van der Waals surface area contributed by atoms with Crippen LogP contribution in [0.2, 0.25) is 0 Å². The maximum Gasteiger partial charge on any atom is 0.0458 e. The Morgan fingerprint density at radius 3 is 2.54 bits per heavy atom. The Balaban J connectivity index is 2.29. The third-order valence-corrected chi connectivity index (χ3v) is 3.17. The predicted octanol–water partition coefficient (Wildman–Crippen LogP) is 1.84. The highest BCUT2D eigenvalue weighted by atomic mass is 14.9. The molecule has 1 aliphatic carbocycles. The summed E-state index contributed by atoms with van der Waals surface area (Å²) >= 11 is 0. The zero-order chi connectivity index (χ0) is 9.64. The zero-order valence-electron chi connectivity index (χ0n) is 8.41. The van der Waals surface area contributed by atoms with E-state index >= 15 is 0 Å². The second-order valence-corrected chi connectivity index (χ2v) is 4.58. The maximum absolute atomic E-state index is 5.99. The van der Waals surface area contributed by atoms with Crippen molar-refractivity contribution in [3.8, 4) is 0 Å². The molecule has 0 spiro atoms. The van der Waals surface area contributed by atoms with Crippen LogP contribution in [0.5, 0.6) is 0 Å². The molecule has 0 radical (unpaired) electrons. The van der Waals surface area contributed by atoms with Crippen molar-refractivity contribution in [2.75, 3.05) is 0 Å². The van der Waals surface area contributed by atoms with Crippen LogP contribution in [0.1, 0.15) is 31.0 Å². The normalized spacial score (nSPS) is 30.2. The van der Waals surface area contributed by atoms with Gasteiger partial charge in [0.2, 0.25) is 0 Å². The highest BCUT2D eigenvalue weighted by Crippen LogP contribution is 2.56. The molecule has 2 unspecified atom stereocenters. The first kappa shape index (κ1) is 8.70. The number of nitrogens with zero attached hydrogens (tertiary/aromatic N) is 1. The van der Waals surface area contributed by atoms with Crippen molar-refractivity contribution in [2.24, 2.45) is 11.1 Å². The van der Waals surface area contributed by atoms with Crippen molar-refractivity contribution >= 4 is 0 Å². The van der Waals surface area contributed by atoms with E-state index in [2.05, 4.69) is 31.8 Å². The molecule has 0 aliphatic heterocycles. The lowest BCUT2D eigenvalue weighted by atomic mass is 10.1. The molecule has 70 valence electrons. The molecule has 1 saturated carbocycles. The summed E-state index contributed by atoms with van der Waals surface area (Å²) in [6.07, 6.45) is 1.87. The first-order valence-corrected chi connectivity index (χ1v) is 4.71. The van der Waals surface area contributed by atoms with Crippen molar-refractivity contribution in [3.63, 3.8) is 0 Å². The van der Waals surface area contributed by atoms with Crippen LogP contribution < -0.4 is 5.73 Å². The lowest BCUT2D eigenvalue weighted by molar-refractivity contribution is 0.595. The Bertz CT molecular complexity index is 331. The Kier molecular flexibility index (Phi) is 1.70. The Morgan fingerprint density at radius 1 is 1.46 bits per heavy atom. The SMILES string of the molecule is Cc1ccnc(C2C(N)C2(C)C)c1. The molecule has 2 rings (SSSR count). The molecule has 1 heterocycles. The van der Waals surface area contributed by atoms with Gasteiger partial charge in [-0.2, -0.15) is 0 Å². The van der Waals surface area contributed by atoms with Gasteiger partial charge in [-0.1, -0.05) is 13.8 Å². The average Bonchev–Trinajstić information content (AvgIpc) is 2.51. The summed E-state index contributed by atoms with van der Waals surface area (Å²) in [7, 11) is 0. The first-order chi connectivity index (χ1) is 6.03. The predicted molar refractivity (Wildman–Crippen MR) is 53.5 cm³/mol. The molecule has 0 amide bonds. The minimum atomic E-state index is 0.237. The van der Waals surface area contributed by atoms with Gasteiger partial charge in [-0.05, 0) is 30.0 Å². The van der Waals surface area contributed by atoms with Gasteiger partial charge in [0, 0.05) is 23.9 Å². The minimum Gasteiger partial charge on any atom is -0.327 e. The van der Waals surface area contributed by atoms with Gasteiger partial charge in [0.15, 0.2) is 0 Å². The molecule has 2 nitrogen and oxygen atoms in total. The summed E-state index contributed by atoms with van der Waals surface area (Å²) in [4.78, 5) is 4.37. The van der Waals surface area contributed by atoms with Crippen LogP contribution in [0.25, 0.3) is 0 Å². The van der Waals surface area contributed by atoms with Crippen LogP contribution in [0.15, 0.2) is 18.3 Å².